The zero-order chi connectivity index (χ0) is 15.4. The Hall–Kier alpha value is -1.64. The number of amides is 1. The van der Waals surface area contributed by atoms with Gasteiger partial charge in [-0.25, -0.2) is 4.98 Å². The summed E-state index contributed by atoms with van der Waals surface area (Å²) in [6, 6.07) is 3.90. The van der Waals surface area contributed by atoms with Gasteiger partial charge in [0.2, 0.25) is 5.91 Å². The number of hydrogen-bond acceptors (Lipinski definition) is 6. The maximum atomic E-state index is 11.8. The van der Waals surface area contributed by atoms with Crippen molar-refractivity contribution in [3.8, 4) is 0 Å². The molecule has 0 spiro atoms. The van der Waals surface area contributed by atoms with Crippen molar-refractivity contribution in [2.75, 3.05) is 11.1 Å². The van der Waals surface area contributed by atoms with Crippen LogP contribution in [0.25, 0.3) is 0 Å². The van der Waals surface area contributed by atoms with Crippen molar-refractivity contribution < 1.29 is 9.72 Å². The van der Waals surface area contributed by atoms with E-state index in [2.05, 4.69) is 10.3 Å². The Bertz CT molecular complexity index is 690. The van der Waals surface area contributed by atoms with Crippen LogP contribution >= 0.6 is 34.7 Å². The van der Waals surface area contributed by atoms with E-state index in [0.29, 0.717) is 0 Å². The number of nitrogens with zero attached hydrogens (tertiary/aromatic N) is 2. The predicted octanol–water partition coefficient (Wildman–Crippen LogP) is 3.74. The third-order valence-corrected chi connectivity index (χ3v) is 4.83. The van der Waals surface area contributed by atoms with E-state index in [0.717, 1.165) is 10.0 Å². The van der Waals surface area contributed by atoms with Gasteiger partial charge in [0.05, 0.1) is 21.4 Å². The predicted molar refractivity (Wildman–Crippen MR) is 84.3 cm³/mol. The van der Waals surface area contributed by atoms with Crippen molar-refractivity contribution in [2.24, 2.45) is 0 Å². The average Bonchev–Trinajstić information content (AvgIpc) is 2.84. The van der Waals surface area contributed by atoms with E-state index in [1.54, 1.807) is 0 Å². The second-order valence-corrected chi connectivity index (χ2v) is 6.50. The standard InChI is InChI=1S/C12H10ClN3O3S2/c1-7-5-20-12(14-7)21-6-11(17)15-10-4-8(16(18)19)2-3-9(10)13/h2-5H,6H2,1H3,(H,15,17). The summed E-state index contributed by atoms with van der Waals surface area (Å²) in [5.74, 6) is -0.137. The summed E-state index contributed by atoms with van der Waals surface area (Å²) in [4.78, 5) is 26.2. The first-order valence-electron chi connectivity index (χ1n) is 5.74. The molecule has 0 aliphatic carbocycles. The van der Waals surface area contributed by atoms with Gasteiger partial charge in [0, 0.05) is 23.2 Å². The first-order chi connectivity index (χ1) is 9.95. The Labute approximate surface area is 133 Å². The van der Waals surface area contributed by atoms with Crippen LogP contribution in [0.2, 0.25) is 5.02 Å². The van der Waals surface area contributed by atoms with Crippen LogP contribution in [0.5, 0.6) is 0 Å². The van der Waals surface area contributed by atoms with Gasteiger partial charge >= 0.3 is 0 Å². The molecule has 0 saturated carbocycles. The fourth-order valence-electron chi connectivity index (χ4n) is 1.43. The molecule has 1 aromatic heterocycles. The molecular weight excluding hydrogens is 334 g/mol. The van der Waals surface area contributed by atoms with Crippen molar-refractivity contribution in [3.63, 3.8) is 0 Å². The van der Waals surface area contributed by atoms with E-state index in [-0.39, 0.29) is 28.1 Å². The van der Waals surface area contributed by atoms with Gasteiger partial charge in [-0.2, -0.15) is 0 Å². The Morgan fingerprint density at radius 2 is 2.33 bits per heavy atom. The monoisotopic (exact) mass is 343 g/mol. The van der Waals surface area contributed by atoms with Gasteiger partial charge in [0.1, 0.15) is 0 Å². The number of carbonyl (C=O) groups is 1. The van der Waals surface area contributed by atoms with Gasteiger partial charge in [-0.3, -0.25) is 14.9 Å². The number of benzene rings is 1. The average molecular weight is 344 g/mol. The molecule has 2 rings (SSSR count). The number of aromatic nitrogens is 1. The number of halogens is 1. The number of nitro groups is 1. The minimum absolute atomic E-state index is 0.127. The molecule has 1 N–H and O–H groups in total. The minimum atomic E-state index is -0.543. The third-order valence-electron chi connectivity index (χ3n) is 2.36. The summed E-state index contributed by atoms with van der Waals surface area (Å²) in [5.41, 5.74) is 1.01. The van der Waals surface area contributed by atoms with Crippen LogP contribution in [0.1, 0.15) is 5.69 Å². The van der Waals surface area contributed by atoms with Crippen LogP contribution < -0.4 is 5.32 Å². The maximum absolute atomic E-state index is 11.8. The molecule has 1 heterocycles. The summed E-state index contributed by atoms with van der Waals surface area (Å²) in [5, 5.41) is 15.4. The second kappa shape index (κ2) is 6.88. The van der Waals surface area contributed by atoms with Crippen molar-refractivity contribution >= 4 is 52.0 Å². The van der Waals surface area contributed by atoms with E-state index < -0.39 is 4.92 Å². The third kappa shape index (κ3) is 4.42. The van der Waals surface area contributed by atoms with Crippen molar-refractivity contribution in [1.82, 2.24) is 4.98 Å². The molecule has 0 aliphatic heterocycles. The van der Waals surface area contributed by atoms with Crippen LogP contribution in [0.3, 0.4) is 0 Å². The summed E-state index contributed by atoms with van der Waals surface area (Å²) >= 11 is 8.68. The Morgan fingerprint density at radius 3 is 2.95 bits per heavy atom. The van der Waals surface area contributed by atoms with E-state index in [1.165, 1.54) is 41.3 Å². The highest BCUT2D eigenvalue weighted by Crippen LogP contribution is 2.27. The van der Waals surface area contributed by atoms with Gasteiger partial charge in [-0.1, -0.05) is 23.4 Å². The number of thiazole rings is 1. The Kier molecular flexibility index (Phi) is 5.16. The number of hydrogen-bond donors (Lipinski definition) is 1. The van der Waals surface area contributed by atoms with Crippen molar-refractivity contribution in [3.05, 3.63) is 44.4 Å². The minimum Gasteiger partial charge on any atom is -0.324 e. The van der Waals surface area contributed by atoms with Gasteiger partial charge in [0.25, 0.3) is 5.69 Å². The molecule has 1 aromatic carbocycles. The number of nitro benzene ring substituents is 1. The van der Waals surface area contributed by atoms with E-state index >= 15 is 0 Å². The molecular formula is C12H10ClN3O3S2. The number of non-ortho nitro benzene ring substituents is 1. The molecule has 9 heteroatoms. The van der Waals surface area contributed by atoms with Crippen LogP contribution in [0.15, 0.2) is 27.9 Å². The van der Waals surface area contributed by atoms with Crippen LogP contribution in [-0.4, -0.2) is 21.6 Å². The highest BCUT2D eigenvalue weighted by molar-refractivity contribution is 8.01. The highest BCUT2D eigenvalue weighted by Gasteiger charge is 2.12. The van der Waals surface area contributed by atoms with Gasteiger partial charge < -0.3 is 5.32 Å². The molecule has 0 unspecified atom stereocenters. The van der Waals surface area contributed by atoms with Gasteiger partial charge in [0.15, 0.2) is 4.34 Å². The normalized spacial score (nSPS) is 10.4. The number of carbonyl (C=O) groups excluding carboxylic acids is 1. The van der Waals surface area contributed by atoms with Crippen LogP contribution in [0.4, 0.5) is 11.4 Å². The Morgan fingerprint density at radius 1 is 1.57 bits per heavy atom. The number of nitrogens with one attached hydrogen (secondary N) is 1. The molecule has 0 radical (unpaired) electrons. The lowest BCUT2D eigenvalue weighted by atomic mass is 10.3. The lowest BCUT2D eigenvalue weighted by Crippen LogP contribution is -2.14. The summed E-state index contributed by atoms with van der Waals surface area (Å²) in [6.45, 7) is 1.88. The summed E-state index contributed by atoms with van der Waals surface area (Å²) in [7, 11) is 0. The fourth-order valence-corrected chi connectivity index (χ4v) is 3.25. The molecule has 0 bridgehead atoms. The molecule has 110 valence electrons. The van der Waals surface area contributed by atoms with E-state index in [1.807, 2.05) is 12.3 Å². The second-order valence-electron chi connectivity index (χ2n) is 4.01. The molecule has 21 heavy (non-hydrogen) atoms. The largest absolute Gasteiger partial charge is 0.324 e. The number of aryl methyl sites for hydroxylation is 1. The SMILES string of the molecule is Cc1csc(SCC(=O)Nc2cc([N+](=O)[O-])ccc2Cl)n1. The van der Waals surface area contributed by atoms with Gasteiger partial charge in [-0.15, -0.1) is 11.3 Å². The Balaban J connectivity index is 1.99. The zero-order valence-electron chi connectivity index (χ0n) is 10.8. The maximum Gasteiger partial charge on any atom is 0.271 e. The summed E-state index contributed by atoms with van der Waals surface area (Å²) < 4.78 is 0.799. The number of rotatable bonds is 5. The van der Waals surface area contributed by atoms with Gasteiger partial charge in [-0.05, 0) is 13.0 Å². The van der Waals surface area contributed by atoms with Crippen molar-refractivity contribution in [1.29, 1.82) is 0 Å². The number of thioether (sulfide) groups is 1. The molecule has 1 amide bonds. The first-order valence-corrected chi connectivity index (χ1v) is 7.99. The highest BCUT2D eigenvalue weighted by atomic mass is 35.5. The van der Waals surface area contributed by atoms with Crippen LogP contribution in [-0.2, 0) is 4.79 Å². The molecule has 0 atom stereocenters. The topological polar surface area (TPSA) is 85.1 Å². The summed E-state index contributed by atoms with van der Waals surface area (Å²) in [6.07, 6.45) is 0. The number of anilines is 1. The first kappa shape index (κ1) is 15.7. The zero-order valence-corrected chi connectivity index (χ0v) is 13.2. The van der Waals surface area contributed by atoms with E-state index in [4.69, 9.17) is 11.6 Å². The molecule has 0 fully saturated rings. The molecule has 0 aliphatic rings. The van der Waals surface area contributed by atoms with Crippen LogP contribution in [0, 0.1) is 17.0 Å². The molecule has 6 nitrogen and oxygen atoms in total. The molecule has 0 saturated heterocycles. The van der Waals surface area contributed by atoms with E-state index in [9.17, 15) is 14.9 Å². The lowest BCUT2D eigenvalue weighted by molar-refractivity contribution is -0.384. The quantitative estimate of drug-likeness (QED) is 0.507. The fraction of sp³-hybridized carbons (Fsp3) is 0.167. The smallest absolute Gasteiger partial charge is 0.271 e. The molecule has 2 aromatic rings. The van der Waals surface area contributed by atoms with Crippen molar-refractivity contribution in [2.45, 2.75) is 11.3 Å². The lowest BCUT2D eigenvalue weighted by Gasteiger charge is -2.06.